The summed E-state index contributed by atoms with van der Waals surface area (Å²) in [5.41, 5.74) is 25.4. The largest absolute Gasteiger partial charge is 0.278 e. The maximum Gasteiger partial charge on any atom is 0.235 e. The van der Waals surface area contributed by atoms with Crippen molar-refractivity contribution in [3.05, 3.63) is 419 Å². The summed E-state index contributed by atoms with van der Waals surface area (Å²) in [5, 5.41) is 20.5. The zero-order valence-electron chi connectivity index (χ0n) is 69.6. The Kier molecular flexibility index (Phi) is 16.8. The number of anilines is 9. The molecule has 20 aromatic carbocycles. The molecule has 3 aliphatic heterocycles. The molecule has 6 aromatic heterocycles. The van der Waals surface area contributed by atoms with Crippen molar-refractivity contribution in [3.8, 4) is 78.3 Å². The Morgan fingerprint density at radius 3 is 0.815 bits per heavy atom. The molecule has 0 amide bonds. The lowest BCUT2D eigenvalue weighted by Gasteiger charge is -2.32. The van der Waals surface area contributed by atoms with Crippen LogP contribution >= 0.6 is 34.0 Å². The summed E-state index contributed by atoms with van der Waals surface area (Å²) in [7, 11) is 0. The van der Waals surface area contributed by atoms with Crippen LogP contribution in [0.1, 0.15) is 0 Å². The van der Waals surface area contributed by atoms with E-state index in [0.717, 1.165) is 115 Å². The van der Waals surface area contributed by atoms with Crippen molar-refractivity contribution in [2.24, 2.45) is 0 Å². The van der Waals surface area contributed by atoms with Crippen LogP contribution in [-0.2, 0) is 0 Å². The highest BCUT2D eigenvalue weighted by molar-refractivity contribution is 7.27. The zero-order valence-corrected chi connectivity index (χ0v) is 72.0. The molecule has 0 radical (unpaired) electrons. The van der Waals surface area contributed by atoms with E-state index in [1.807, 2.05) is 0 Å². The van der Waals surface area contributed by atoms with Gasteiger partial charge in [-0.25, -0.2) is 29.9 Å². The van der Waals surface area contributed by atoms with Gasteiger partial charge in [0.2, 0.25) is 17.8 Å². The molecule has 26 aromatic rings. The number of nitrogens with zero attached hydrogens (tertiary/aromatic N) is 9. The smallest absolute Gasteiger partial charge is 0.235 e. The Morgan fingerprint density at radius 2 is 0.438 bits per heavy atom. The van der Waals surface area contributed by atoms with Crippen LogP contribution in [0.2, 0.25) is 0 Å². The van der Waals surface area contributed by atoms with Crippen molar-refractivity contribution in [1.82, 2.24) is 29.9 Å². The standard InChI is InChI=1S/C42H25N3S.C40H23N3S.C36H21N3S/c1-2-10-26(11-3-1)27-20-22-29(23-21-27)39-41-40(33-16-6-7-19-37(33)46-41)44-42(43-39)45-35-18-9-15-28-14-8-17-32(38(28)35)34-24-30-12-4-5-13-31(30)25-36(34)45;1-2-10-26-21-29(20-19-24(26)9-1)37-39-38(31-15-5-6-18-35(31)44-39)42-40(41-37)43-33-17-8-14-25-13-7-16-30(36(25)33)32-22-27-11-3-4-12-28(27)23-34(32)43;1-2-10-23(11-3-1)33-35-34(27-16-6-7-19-31(27)40-35)38-36(37-33)39-29-18-9-15-22-14-8-17-26(32(22)29)28-20-24-12-4-5-13-25(24)21-30(28)39/h1-25H;1-23H;1-21H. The molecule has 130 heavy (non-hydrogen) atoms. The summed E-state index contributed by atoms with van der Waals surface area (Å²) in [6, 6.07) is 150. The molecule has 9 heterocycles. The first kappa shape index (κ1) is 73.8. The van der Waals surface area contributed by atoms with E-state index in [-0.39, 0.29) is 0 Å². The van der Waals surface area contributed by atoms with Crippen LogP contribution in [0.15, 0.2) is 419 Å². The van der Waals surface area contributed by atoms with Gasteiger partial charge in [-0.3, -0.25) is 14.7 Å². The van der Waals surface area contributed by atoms with E-state index < -0.39 is 0 Å². The maximum atomic E-state index is 5.46. The second-order valence-corrected chi connectivity index (χ2v) is 36.7. The Bertz CT molecular complexity index is 9230. The average Bonchev–Trinajstić information content (AvgIpc) is 0.902. The highest BCUT2D eigenvalue weighted by atomic mass is 32.1. The van der Waals surface area contributed by atoms with E-state index in [2.05, 4.69) is 433 Å². The monoisotopic (exact) mass is 1710 g/mol. The predicted octanol–water partition coefficient (Wildman–Crippen LogP) is 33.6. The topological polar surface area (TPSA) is 87.1 Å². The van der Waals surface area contributed by atoms with Crippen LogP contribution in [0.5, 0.6) is 0 Å². The SMILES string of the molecule is c1ccc(-c2ccc(-c3nc(N4c5cc6ccccc6cc5-c5cccc6cccc4c56)nc4c3sc3ccccc34)cc2)cc1.c1ccc(-c2nc(N3c4cc5ccccc5cc4-c4cccc5cccc3c45)nc3c2sc2ccccc23)cc1.c1ccc2cc(-c3nc(N4c5cc6ccccc6cc5-c5cccc6cccc4c56)nc4c3sc3ccccc34)ccc2c1. The van der Waals surface area contributed by atoms with Gasteiger partial charge in [-0.2, -0.15) is 0 Å². The van der Waals surface area contributed by atoms with Gasteiger partial charge in [0, 0.05) is 79.8 Å². The third-order valence-electron chi connectivity index (χ3n) is 26.1. The molecule has 604 valence electrons. The molecule has 12 heteroatoms. The van der Waals surface area contributed by atoms with Crippen molar-refractivity contribution in [1.29, 1.82) is 0 Å². The number of aromatic nitrogens is 6. The van der Waals surface area contributed by atoms with E-state index in [0.29, 0.717) is 17.8 Å². The Morgan fingerprint density at radius 1 is 0.169 bits per heavy atom. The van der Waals surface area contributed by atoms with Gasteiger partial charge in [0.15, 0.2) is 0 Å². The summed E-state index contributed by atoms with van der Waals surface area (Å²) in [6.07, 6.45) is 0. The first-order valence-electron chi connectivity index (χ1n) is 43.8. The van der Waals surface area contributed by atoms with Gasteiger partial charge in [-0.1, -0.05) is 340 Å². The fourth-order valence-corrected chi connectivity index (χ4v) is 23.6. The lowest BCUT2D eigenvalue weighted by Crippen LogP contribution is -2.18. The van der Waals surface area contributed by atoms with E-state index in [1.165, 1.54) is 134 Å². The minimum absolute atomic E-state index is 0.678. The zero-order chi connectivity index (χ0) is 85.2. The summed E-state index contributed by atoms with van der Waals surface area (Å²) >= 11 is 5.30. The molecular weight excluding hydrogens is 1640 g/mol. The number of hydrogen-bond donors (Lipinski definition) is 0. The normalized spacial score (nSPS) is 12.4. The minimum atomic E-state index is 0.678. The van der Waals surface area contributed by atoms with Crippen LogP contribution in [-0.4, -0.2) is 29.9 Å². The number of benzene rings is 20. The third-order valence-corrected chi connectivity index (χ3v) is 29.6. The van der Waals surface area contributed by atoms with Crippen LogP contribution in [0.3, 0.4) is 0 Å². The molecule has 0 bridgehead atoms. The second-order valence-electron chi connectivity index (χ2n) is 33.5. The lowest BCUT2D eigenvalue weighted by molar-refractivity contribution is 1.12. The Balaban J connectivity index is 0.000000101. The van der Waals surface area contributed by atoms with Gasteiger partial charge in [-0.15, -0.1) is 34.0 Å². The highest BCUT2D eigenvalue weighted by Crippen LogP contribution is 2.57. The lowest BCUT2D eigenvalue weighted by atomic mass is 9.89. The summed E-state index contributed by atoms with van der Waals surface area (Å²) in [6.45, 7) is 0. The second kappa shape index (κ2) is 29.6. The first-order valence-corrected chi connectivity index (χ1v) is 46.2. The highest BCUT2D eigenvalue weighted by Gasteiger charge is 2.35. The van der Waals surface area contributed by atoms with Gasteiger partial charge < -0.3 is 0 Å². The third kappa shape index (κ3) is 11.8. The van der Waals surface area contributed by atoms with E-state index >= 15 is 0 Å². The molecule has 9 nitrogen and oxygen atoms in total. The van der Waals surface area contributed by atoms with Gasteiger partial charge in [0.1, 0.15) is 0 Å². The van der Waals surface area contributed by atoms with Crippen molar-refractivity contribution < 1.29 is 0 Å². The summed E-state index contributed by atoms with van der Waals surface area (Å²) < 4.78 is 6.98. The molecule has 0 aliphatic carbocycles. The quantitative estimate of drug-likeness (QED) is 0.155. The first-order chi connectivity index (χ1) is 64.4. The van der Waals surface area contributed by atoms with Crippen molar-refractivity contribution in [2.75, 3.05) is 14.7 Å². The van der Waals surface area contributed by atoms with E-state index in [4.69, 9.17) is 29.9 Å². The van der Waals surface area contributed by atoms with Crippen LogP contribution in [0.4, 0.5) is 52.0 Å². The molecule has 29 rings (SSSR count). The van der Waals surface area contributed by atoms with E-state index in [9.17, 15) is 0 Å². The number of hydrogen-bond acceptors (Lipinski definition) is 12. The minimum Gasteiger partial charge on any atom is -0.278 e. The van der Waals surface area contributed by atoms with Gasteiger partial charge in [-0.05, 0) is 166 Å². The fraction of sp³-hybridized carbons (Fsp3) is 0. The van der Waals surface area contributed by atoms with Gasteiger partial charge >= 0.3 is 0 Å². The molecule has 0 unspecified atom stereocenters. The summed E-state index contributed by atoms with van der Waals surface area (Å²) in [5.74, 6) is 2.05. The molecule has 0 atom stereocenters. The van der Waals surface area contributed by atoms with Crippen molar-refractivity contribution >= 4 is 222 Å². The van der Waals surface area contributed by atoms with Crippen molar-refractivity contribution in [3.63, 3.8) is 0 Å². The number of thiophene rings is 3. The summed E-state index contributed by atoms with van der Waals surface area (Å²) in [4.78, 5) is 39.3. The molecule has 0 saturated heterocycles. The Labute approximate surface area is 757 Å². The maximum absolute atomic E-state index is 5.46. The fourth-order valence-electron chi connectivity index (χ4n) is 20.1. The van der Waals surface area contributed by atoms with Crippen molar-refractivity contribution in [2.45, 2.75) is 0 Å². The van der Waals surface area contributed by atoms with Gasteiger partial charge in [0.25, 0.3) is 0 Å². The predicted molar refractivity (Wildman–Crippen MR) is 550 cm³/mol. The van der Waals surface area contributed by atoms with E-state index in [1.54, 1.807) is 34.0 Å². The molecule has 0 N–H and O–H groups in total. The van der Waals surface area contributed by atoms with Crippen LogP contribution in [0, 0.1) is 0 Å². The van der Waals surface area contributed by atoms with Gasteiger partial charge in [0.05, 0.1) is 81.9 Å². The number of rotatable bonds is 7. The average molecular weight is 1710 g/mol. The van der Waals surface area contributed by atoms with Crippen LogP contribution in [0.25, 0.3) is 215 Å². The molecule has 0 spiro atoms. The molecule has 3 aliphatic rings. The van der Waals surface area contributed by atoms with Crippen LogP contribution < -0.4 is 14.7 Å². The number of fused-ring (bicyclic) bond motifs is 19. The Hall–Kier alpha value is -16.5. The molecule has 0 saturated carbocycles. The molecule has 0 fully saturated rings. The molecular formula is C118H69N9S3.